The second kappa shape index (κ2) is 11.1. The summed E-state index contributed by atoms with van der Waals surface area (Å²) < 4.78 is 11.8. The molecule has 0 aliphatic carbocycles. The molecule has 2 N–H and O–H groups in total. The lowest BCUT2D eigenvalue weighted by Crippen LogP contribution is -2.53. The number of piperazine rings is 1. The molecular formula is C24H29ClN6O5. The molecule has 0 bridgehead atoms. The van der Waals surface area contributed by atoms with Gasteiger partial charge < -0.3 is 29.4 Å². The number of methoxy groups -OCH3 is 1. The molecule has 3 aromatic rings. The number of anilines is 3. The summed E-state index contributed by atoms with van der Waals surface area (Å²) in [4.78, 5) is 37.0. The average Bonchev–Trinajstić information content (AvgIpc) is 2.85. The first-order valence-corrected chi connectivity index (χ1v) is 11.9. The van der Waals surface area contributed by atoms with Gasteiger partial charge in [0.2, 0.25) is 5.95 Å². The Labute approximate surface area is 213 Å². The van der Waals surface area contributed by atoms with Crippen LogP contribution < -0.4 is 20.5 Å². The van der Waals surface area contributed by atoms with Crippen molar-refractivity contribution in [1.29, 1.82) is 0 Å². The summed E-state index contributed by atoms with van der Waals surface area (Å²) in [5.41, 5.74) is 0.946. The highest BCUT2D eigenvalue weighted by atomic mass is 35.5. The molecule has 4 rings (SSSR count). The highest BCUT2D eigenvalue weighted by Gasteiger charge is 2.25. The smallest absolute Gasteiger partial charge is 0.341 e. The maximum Gasteiger partial charge on any atom is 0.341 e. The van der Waals surface area contributed by atoms with Gasteiger partial charge in [-0.3, -0.25) is 9.69 Å². The number of aliphatic carboxylic acids is 1. The van der Waals surface area contributed by atoms with Crippen molar-refractivity contribution in [3.05, 3.63) is 45.8 Å². The lowest BCUT2D eigenvalue weighted by molar-refractivity contribution is -0.139. The zero-order valence-corrected chi connectivity index (χ0v) is 21.2. The number of benzene rings is 1. The van der Waals surface area contributed by atoms with Crippen LogP contribution >= 0.6 is 11.6 Å². The molecule has 192 valence electrons. The third-order valence-electron chi connectivity index (χ3n) is 6.17. The third kappa shape index (κ3) is 5.69. The van der Waals surface area contributed by atoms with Crippen molar-refractivity contribution in [1.82, 2.24) is 19.4 Å². The van der Waals surface area contributed by atoms with E-state index in [9.17, 15) is 9.59 Å². The number of rotatable bonds is 9. The van der Waals surface area contributed by atoms with E-state index < -0.39 is 18.1 Å². The van der Waals surface area contributed by atoms with Gasteiger partial charge in [-0.25, -0.2) is 9.78 Å². The van der Waals surface area contributed by atoms with Crippen LogP contribution in [0.15, 0.2) is 35.3 Å². The van der Waals surface area contributed by atoms with Crippen molar-refractivity contribution in [3.8, 4) is 5.75 Å². The number of halogens is 1. The molecule has 1 saturated heterocycles. The number of aryl methyl sites for hydroxylation is 1. The monoisotopic (exact) mass is 516 g/mol. The van der Waals surface area contributed by atoms with Crippen molar-refractivity contribution in [2.45, 2.75) is 13.0 Å². The Morgan fingerprint density at radius 1 is 1.31 bits per heavy atom. The molecule has 0 radical (unpaired) electrons. The summed E-state index contributed by atoms with van der Waals surface area (Å²) in [6.07, 6.45) is 1.58. The number of nitrogens with one attached hydrogen (secondary N) is 1. The summed E-state index contributed by atoms with van der Waals surface area (Å²) in [5.74, 6) is -0.145. The number of ether oxygens (including phenoxy) is 2. The van der Waals surface area contributed by atoms with Crippen molar-refractivity contribution in [2.75, 3.05) is 56.7 Å². The number of carboxylic acid groups (broad SMARTS) is 1. The fourth-order valence-electron chi connectivity index (χ4n) is 4.23. The van der Waals surface area contributed by atoms with Crippen LogP contribution in [0.4, 0.5) is 17.5 Å². The summed E-state index contributed by atoms with van der Waals surface area (Å²) in [5, 5.41) is 13.2. The second-order valence-electron chi connectivity index (χ2n) is 8.64. The summed E-state index contributed by atoms with van der Waals surface area (Å²) in [6.45, 7) is 5.62. The zero-order valence-electron chi connectivity index (χ0n) is 20.4. The number of aromatic nitrogens is 3. The first-order chi connectivity index (χ1) is 17.3. The van der Waals surface area contributed by atoms with Crippen LogP contribution in [0, 0.1) is 0 Å². The fourth-order valence-corrected chi connectivity index (χ4v) is 4.36. The van der Waals surface area contributed by atoms with Gasteiger partial charge in [0, 0.05) is 57.5 Å². The molecule has 1 aliphatic heterocycles. The Balaban J connectivity index is 1.55. The Kier molecular flexibility index (Phi) is 7.92. The minimum atomic E-state index is -1.16. The maximum absolute atomic E-state index is 12.5. The van der Waals surface area contributed by atoms with E-state index in [1.807, 2.05) is 12.1 Å². The quantitative estimate of drug-likeness (QED) is 0.438. The fraction of sp³-hybridized carbons (Fsp3) is 0.417. The average molecular weight is 517 g/mol. The summed E-state index contributed by atoms with van der Waals surface area (Å²) in [6, 6.07) is 7.28. The molecule has 1 fully saturated rings. The molecule has 12 heteroatoms. The maximum atomic E-state index is 12.5. The lowest BCUT2D eigenvalue weighted by atomic mass is 10.2. The van der Waals surface area contributed by atoms with Crippen LogP contribution in [0.2, 0.25) is 5.02 Å². The second-order valence-corrected chi connectivity index (χ2v) is 9.05. The van der Waals surface area contributed by atoms with Gasteiger partial charge in [-0.05, 0) is 31.2 Å². The van der Waals surface area contributed by atoms with Gasteiger partial charge in [0.25, 0.3) is 5.56 Å². The number of fused-ring (bicyclic) bond motifs is 1. The van der Waals surface area contributed by atoms with E-state index in [1.54, 1.807) is 26.4 Å². The van der Waals surface area contributed by atoms with Crippen molar-refractivity contribution >= 4 is 45.9 Å². The van der Waals surface area contributed by atoms with Gasteiger partial charge in [0.05, 0.1) is 18.3 Å². The van der Waals surface area contributed by atoms with Crippen LogP contribution in [-0.4, -0.2) is 83.1 Å². The van der Waals surface area contributed by atoms with Gasteiger partial charge >= 0.3 is 5.97 Å². The Morgan fingerprint density at radius 3 is 2.83 bits per heavy atom. The predicted octanol–water partition coefficient (Wildman–Crippen LogP) is 2.35. The van der Waals surface area contributed by atoms with Crippen LogP contribution in [0.5, 0.6) is 5.75 Å². The van der Waals surface area contributed by atoms with Crippen LogP contribution in [0.1, 0.15) is 6.92 Å². The van der Waals surface area contributed by atoms with Crippen molar-refractivity contribution < 1.29 is 19.4 Å². The van der Waals surface area contributed by atoms with E-state index in [-0.39, 0.29) is 5.75 Å². The molecule has 36 heavy (non-hydrogen) atoms. The standard InChI is InChI=1S/C24H29ClN6O5/c1-15-13-31(7-6-30(15)8-9-35-3)24-26-12-18(25)22(28-24)27-17-4-5-19-16(10-17)11-20(23(34)29(19)2)36-14-21(32)33/h4-5,10-12,15H,6-9,13-14H2,1-3H3,(H,32,33)(H,26,27,28). The Morgan fingerprint density at radius 2 is 2.11 bits per heavy atom. The van der Waals surface area contributed by atoms with E-state index in [0.29, 0.717) is 46.0 Å². The predicted molar refractivity (Wildman–Crippen MR) is 138 cm³/mol. The number of carbonyl (C=O) groups is 1. The van der Waals surface area contributed by atoms with Gasteiger partial charge in [0.15, 0.2) is 18.2 Å². The normalized spacial score (nSPS) is 16.3. The molecular weight excluding hydrogens is 488 g/mol. The number of pyridine rings is 1. The van der Waals surface area contributed by atoms with Crippen LogP contribution in [-0.2, 0) is 16.6 Å². The molecule has 0 amide bonds. The van der Waals surface area contributed by atoms with E-state index in [4.69, 9.17) is 26.2 Å². The molecule has 1 unspecified atom stereocenters. The molecule has 0 saturated carbocycles. The number of hydrogen-bond acceptors (Lipinski definition) is 9. The Hall–Kier alpha value is -3.41. The summed E-state index contributed by atoms with van der Waals surface area (Å²) >= 11 is 6.41. The van der Waals surface area contributed by atoms with Gasteiger partial charge in [-0.1, -0.05) is 11.6 Å². The molecule has 3 heterocycles. The van der Waals surface area contributed by atoms with Gasteiger partial charge in [-0.15, -0.1) is 0 Å². The third-order valence-corrected chi connectivity index (χ3v) is 6.44. The van der Waals surface area contributed by atoms with Gasteiger partial charge in [0.1, 0.15) is 5.02 Å². The first kappa shape index (κ1) is 25.7. The Bertz CT molecular complexity index is 1320. The molecule has 11 nitrogen and oxygen atoms in total. The largest absolute Gasteiger partial charge is 0.479 e. The zero-order chi connectivity index (χ0) is 25.8. The van der Waals surface area contributed by atoms with Crippen LogP contribution in [0.25, 0.3) is 10.9 Å². The van der Waals surface area contributed by atoms with Crippen molar-refractivity contribution in [3.63, 3.8) is 0 Å². The SMILES string of the molecule is COCCN1CCN(c2ncc(Cl)c(Nc3ccc4c(c3)cc(OCC(=O)O)c(=O)n4C)n2)CC1C. The van der Waals surface area contributed by atoms with Crippen molar-refractivity contribution in [2.24, 2.45) is 7.05 Å². The minimum Gasteiger partial charge on any atom is -0.479 e. The highest BCUT2D eigenvalue weighted by Crippen LogP contribution is 2.28. The van der Waals surface area contributed by atoms with E-state index in [2.05, 4.69) is 32.0 Å². The topological polar surface area (TPSA) is 122 Å². The molecule has 0 spiro atoms. The number of hydrogen-bond donors (Lipinski definition) is 2. The molecule has 1 atom stereocenters. The summed E-state index contributed by atoms with van der Waals surface area (Å²) in [7, 11) is 3.31. The van der Waals surface area contributed by atoms with E-state index in [1.165, 1.54) is 10.6 Å². The highest BCUT2D eigenvalue weighted by molar-refractivity contribution is 6.32. The number of carboxylic acids is 1. The first-order valence-electron chi connectivity index (χ1n) is 11.5. The van der Waals surface area contributed by atoms with Crippen LogP contribution in [0.3, 0.4) is 0 Å². The minimum absolute atomic E-state index is 0.0364. The lowest BCUT2D eigenvalue weighted by Gasteiger charge is -2.39. The van der Waals surface area contributed by atoms with Gasteiger partial charge in [-0.2, -0.15) is 4.98 Å². The van der Waals surface area contributed by atoms with E-state index >= 15 is 0 Å². The van der Waals surface area contributed by atoms with E-state index in [0.717, 1.165) is 26.2 Å². The molecule has 2 aromatic heterocycles. The molecule has 1 aromatic carbocycles. The number of nitrogens with zero attached hydrogens (tertiary/aromatic N) is 5. The molecule has 1 aliphatic rings.